The lowest BCUT2D eigenvalue weighted by Gasteiger charge is -2.29. The maximum atomic E-state index is 12.4. The third kappa shape index (κ3) is 6.00. The molecule has 7 nitrogen and oxygen atoms in total. The van der Waals surface area contributed by atoms with E-state index in [2.05, 4.69) is 22.3 Å². The Morgan fingerprint density at radius 2 is 1.81 bits per heavy atom. The molecule has 1 N–H and O–H groups in total. The third-order valence-electron chi connectivity index (χ3n) is 5.26. The molecule has 0 unspecified atom stereocenters. The molecule has 8 heteroatoms. The number of amides is 1. The van der Waals surface area contributed by atoms with E-state index in [1.54, 1.807) is 0 Å². The van der Waals surface area contributed by atoms with Gasteiger partial charge in [-0.3, -0.25) is 9.69 Å². The van der Waals surface area contributed by atoms with Crippen LogP contribution in [0.3, 0.4) is 0 Å². The summed E-state index contributed by atoms with van der Waals surface area (Å²) in [7, 11) is -3.16. The predicted molar refractivity (Wildman–Crippen MR) is 104 cm³/mol. The molecule has 1 aromatic carbocycles. The molecule has 1 amide bonds. The van der Waals surface area contributed by atoms with Gasteiger partial charge in [-0.1, -0.05) is 24.3 Å². The number of carbonyl (C=O) groups is 1. The molecule has 0 radical (unpaired) electrons. The zero-order chi connectivity index (χ0) is 19.3. The summed E-state index contributed by atoms with van der Waals surface area (Å²) in [5.41, 5.74) is 2.33. The highest BCUT2D eigenvalue weighted by Crippen LogP contribution is 2.19. The number of morpholine rings is 1. The Bertz CT molecular complexity index is 739. The summed E-state index contributed by atoms with van der Waals surface area (Å²) in [6.45, 7) is 5.72. The molecule has 0 aliphatic carbocycles. The molecule has 150 valence electrons. The number of nitrogens with one attached hydrogen (secondary N) is 1. The number of piperidine rings is 1. The molecule has 0 spiro atoms. The maximum Gasteiger partial charge on any atom is 0.223 e. The predicted octanol–water partition coefficient (Wildman–Crippen LogP) is 0.807. The second-order valence-corrected chi connectivity index (χ2v) is 9.35. The van der Waals surface area contributed by atoms with E-state index in [0.29, 0.717) is 32.5 Å². The molecular formula is C19H29N3O4S. The van der Waals surface area contributed by atoms with Crippen LogP contribution in [0.4, 0.5) is 0 Å². The minimum Gasteiger partial charge on any atom is -0.379 e. The first kappa shape index (κ1) is 20.3. The van der Waals surface area contributed by atoms with Crippen LogP contribution >= 0.6 is 0 Å². The molecule has 0 atom stereocenters. The van der Waals surface area contributed by atoms with E-state index in [4.69, 9.17) is 4.74 Å². The smallest absolute Gasteiger partial charge is 0.223 e. The first-order valence-electron chi connectivity index (χ1n) is 9.52. The molecular weight excluding hydrogens is 366 g/mol. The Balaban J connectivity index is 1.47. The van der Waals surface area contributed by atoms with Gasteiger partial charge in [-0.2, -0.15) is 0 Å². The highest BCUT2D eigenvalue weighted by atomic mass is 32.2. The molecule has 2 saturated heterocycles. The largest absolute Gasteiger partial charge is 0.379 e. The van der Waals surface area contributed by atoms with Crippen molar-refractivity contribution in [2.75, 3.05) is 45.6 Å². The average molecular weight is 396 g/mol. The van der Waals surface area contributed by atoms with Crippen molar-refractivity contribution in [3.05, 3.63) is 35.4 Å². The molecule has 1 aromatic rings. The summed E-state index contributed by atoms with van der Waals surface area (Å²) in [5, 5.41) is 3.01. The van der Waals surface area contributed by atoms with Gasteiger partial charge in [-0.25, -0.2) is 12.7 Å². The summed E-state index contributed by atoms with van der Waals surface area (Å²) in [6, 6.07) is 8.31. The average Bonchev–Trinajstić information content (AvgIpc) is 2.67. The van der Waals surface area contributed by atoms with Crippen LogP contribution in [0.15, 0.2) is 24.3 Å². The van der Waals surface area contributed by atoms with Gasteiger partial charge in [0.25, 0.3) is 0 Å². The fraction of sp³-hybridized carbons (Fsp3) is 0.632. The van der Waals surface area contributed by atoms with Crippen LogP contribution in [0.25, 0.3) is 0 Å². The number of carbonyl (C=O) groups excluding carboxylic acids is 1. The van der Waals surface area contributed by atoms with E-state index in [-0.39, 0.29) is 11.8 Å². The summed E-state index contributed by atoms with van der Waals surface area (Å²) in [4.78, 5) is 14.8. The van der Waals surface area contributed by atoms with E-state index in [9.17, 15) is 13.2 Å². The highest BCUT2D eigenvalue weighted by molar-refractivity contribution is 7.88. The van der Waals surface area contributed by atoms with Gasteiger partial charge < -0.3 is 10.1 Å². The van der Waals surface area contributed by atoms with Crippen LogP contribution in [0.2, 0.25) is 0 Å². The molecule has 0 saturated carbocycles. The Morgan fingerprint density at radius 1 is 1.15 bits per heavy atom. The van der Waals surface area contributed by atoms with Crippen LogP contribution in [0, 0.1) is 5.92 Å². The Labute approximate surface area is 161 Å². The maximum absolute atomic E-state index is 12.4. The monoisotopic (exact) mass is 395 g/mol. The minimum absolute atomic E-state index is 0.0155. The Morgan fingerprint density at radius 3 is 2.48 bits per heavy atom. The quantitative estimate of drug-likeness (QED) is 0.771. The Hall–Kier alpha value is -1.48. The van der Waals surface area contributed by atoms with Crippen molar-refractivity contribution in [2.45, 2.75) is 25.9 Å². The van der Waals surface area contributed by atoms with Gasteiger partial charge >= 0.3 is 0 Å². The lowest BCUT2D eigenvalue weighted by Crippen LogP contribution is -2.42. The summed E-state index contributed by atoms with van der Waals surface area (Å²) < 4.78 is 30.0. The number of ether oxygens (including phenoxy) is 1. The zero-order valence-electron chi connectivity index (χ0n) is 15.9. The van der Waals surface area contributed by atoms with Gasteiger partial charge in [0.05, 0.1) is 19.5 Å². The van der Waals surface area contributed by atoms with E-state index >= 15 is 0 Å². The first-order valence-corrected chi connectivity index (χ1v) is 11.4. The second-order valence-electron chi connectivity index (χ2n) is 7.36. The highest BCUT2D eigenvalue weighted by Gasteiger charge is 2.28. The van der Waals surface area contributed by atoms with Crippen LogP contribution in [0.1, 0.15) is 24.0 Å². The van der Waals surface area contributed by atoms with Crippen LogP contribution in [-0.2, 0) is 32.6 Å². The molecule has 0 aromatic heterocycles. The number of nitrogens with zero attached hydrogens (tertiary/aromatic N) is 2. The molecule has 27 heavy (non-hydrogen) atoms. The van der Waals surface area contributed by atoms with Crippen molar-refractivity contribution < 1.29 is 17.9 Å². The van der Waals surface area contributed by atoms with Crippen molar-refractivity contribution >= 4 is 15.9 Å². The third-order valence-corrected chi connectivity index (χ3v) is 6.56. The SMILES string of the molecule is CS(=O)(=O)N1CCC(C(=O)NCc2cccc(CN3CCOCC3)c2)CC1. The van der Waals surface area contributed by atoms with Crippen LogP contribution in [-0.4, -0.2) is 69.2 Å². The molecule has 0 bridgehead atoms. The fourth-order valence-electron chi connectivity index (χ4n) is 3.64. The topological polar surface area (TPSA) is 79.0 Å². The van der Waals surface area contributed by atoms with Crippen molar-refractivity contribution in [3.63, 3.8) is 0 Å². The molecule has 2 heterocycles. The van der Waals surface area contributed by atoms with Gasteiger partial charge in [0.2, 0.25) is 15.9 Å². The van der Waals surface area contributed by atoms with Gasteiger partial charge in [0, 0.05) is 45.2 Å². The molecule has 2 aliphatic rings. The van der Waals surface area contributed by atoms with Gasteiger partial charge in [0.15, 0.2) is 0 Å². The lowest BCUT2D eigenvalue weighted by atomic mass is 9.97. The standard InChI is InChI=1S/C19H29N3O4S/c1-27(24,25)22-7-5-18(6-8-22)19(23)20-14-16-3-2-4-17(13-16)15-21-9-11-26-12-10-21/h2-4,13,18H,5-12,14-15H2,1H3,(H,20,23). The zero-order valence-corrected chi connectivity index (χ0v) is 16.7. The summed E-state index contributed by atoms with van der Waals surface area (Å²) in [6.07, 6.45) is 2.38. The lowest BCUT2D eigenvalue weighted by molar-refractivity contribution is -0.126. The summed E-state index contributed by atoms with van der Waals surface area (Å²) in [5.74, 6) is -0.0961. The van der Waals surface area contributed by atoms with Crippen molar-refractivity contribution in [1.29, 1.82) is 0 Å². The Kier molecular flexibility index (Phi) is 6.86. The van der Waals surface area contributed by atoms with Crippen molar-refractivity contribution in [3.8, 4) is 0 Å². The van der Waals surface area contributed by atoms with Gasteiger partial charge in [0.1, 0.15) is 0 Å². The van der Waals surface area contributed by atoms with Crippen LogP contribution < -0.4 is 5.32 Å². The second kappa shape index (κ2) is 9.14. The number of sulfonamides is 1. The first-order chi connectivity index (χ1) is 12.9. The van der Waals surface area contributed by atoms with Crippen LogP contribution in [0.5, 0.6) is 0 Å². The number of benzene rings is 1. The van der Waals surface area contributed by atoms with Gasteiger partial charge in [-0.05, 0) is 24.0 Å². The van der Waals surface area contributed by atoms with Crippen molar-refractivity contribution in [1.82, 2.24) is 14.5 Å². The van der Waals surface area contributed by atoms with E-state index in [1.807, 2.05) is 12.1 Å². The summed E-state index contributed by atoms with van der Waals surface area (Å²) >= 11 is 0. The molecule has 2 aliphatic heterocycles. The minimum atomic E-state index is -3.16. The van der Waals surface area contributed by atoms with E-state index < -0.39 is 10.0 Å². The fourth-order valence-corrected chi connectivity index (χ4v) is 4.51. The number of hydrogen-bond acceptors (Lipinski definition) is 5. The van der Waals surface area contributed by atoms with Crippen molar-refractivity contribution in [2.24, 2.45) is 5.92 Å². The normalized spacial score (nSPS) is 20.5. The molecule has 3 rings (SSSR count). The number of rotatable bonds is 6. The van der Waals surface area contributed by atoms with E-state index in [1.165, 1.54) is 16.1 Å². The molecule has 2 fully saturated rings. The number of hydrogen-bond donors (Lipinski definition) is 1. The van der Waals surface area contributed by atoms with E-state index in [0.717, 1.165) is 38.4 Å². The van der Waals surface area contributed by atoms with Gasteiger partial charge in [-0.15, -0.1) is 0 Å².